The molecule has 84 valence electrons. The van der Waals surface area contributed by atoms with Crippen LogP contribution in [-0.4, -0.2) is 11.0 Å². The number of ether oxygens (including phenoxy) is 1. The Hall–Kier alpha value is -0.250. The lowest BCUT2D eigenvalue weighted by Gasteiger charge is -2.07. The van der Waals surface area contributed by atoms with Crippen molar-refractivity contribution in [1.82, 2.24) is 0 Å². The summed E-state index contributed by atoms with van der Waals surface area (Å²) in [6.45, 7) is 3.06. The van der Waals surface area contributed by atoms with Gasteiger partial charge in [-0.1, -0.05) is 54.5 Å². The third-order valence-electron chi connectivity index (χ3n) is 2.30. The molecule has 0 fully saturated rings. The van der Waals surface area contributed by atoms with Crippen LogP contribution in [0.1, 0.15) is 31.7 Å². The van der Waals surface area contributed by atoms with E-state index in [4.69, 9.17) is 4.74 Å². The van der Waals surface area contributed by atoms with Gasteiger partial charge in [-0.15, -0.1) is 0 Å². The largest absolute Gasteiger partial charge is 0.494 e. The zero-order valence-electron chi connectivity index (χ0n) is 9.34. The Morgan fingerprint density at radius 1 is 1.27 bits per heavy atom. The zero-order chi connectivity index (χ0) is 10.9. The van der Waals surface area contributed by atoms with Crippen LogP contribution in [0, 0.1) is 0 Å². The van der Waals surface area contributed by atoms with E-state index in [1.807, 2.05) is 6.07 Å². The van der Waals surface area contributed by atoms with Gasteiger partial charge in [0.15, 0.2) is 0 Å². The highest BCUT2D eigenvalue weighted by Crippen LogP contribution is 2.14. The molecule has 0 aromatic heterocycles. The lowest BCUT2D eigenvalue weighted by molar-refractivity contribution is 0.306. The minimum Gasteiger partial charge on any atom is -0.494 e. The highest BCUT2D eigenvalue weighted by molar-refractivity contribution is 14.1. The molecule has 0 spiro atoms. The second-order valence-electron chi connectivity index (χ2n) is 3.64. The molecular formula is C13H19IO. The number of hydrogen-bond acceptors (Lipinski definition) is 1. The maximum absolute atomic E-state index is 5.69. The Labute approximate surface area is 106 Å². The van der Waals surface area contributed by atoms with E-state index in [9.17, 15) is 0 Å². The van der Waals surface area contributed by atoms with Crippen molar-refractivity contribution in [3.8, 4) is 5.75 Å². The summed E-state index contributed by atoms with van der Waals surface area (Å²) in [6, 6.07) is 8.45. The normalized spacial score (nSPS) is 10.3. The van der Waals surface area contributed by atoms with Crippen LogP contribution >= 0.6 is 22.6 Å². The first kappa shape index (κ1) is 12.8. The monoisotopic (exact) mass is 318 g/mol. The molecule has 2 heteroatoms. The standard InChI is InChI=1S/C13H19IO/c1-2-3-4-10-15-13-7-5-6-12(11-13)8-9-14/h5-7,11H,2-4,8-10H2,1H3. The molecule has 0 atom stereocenters. The molecule has 15 heavy (non-hydrogen) atoms. The molecule has 1 rings (SSSR count). The van der Waals surface area contributed by atoms with Gasteiger partial charge < -0.3 is 4.74 Å². The predicted molar refractivity (Wildman–Crippen MR) is 74.1 cm³/mol. The van der Waals surface area contributed by atoms with Crippen molar-refractivity contribution < 1.29 is 4.74 Å². The molecule has 1 nitrogen and oxygen atoms in total. The molecule has 0 radical (unpaired) electrons. The van der Waals surface area contributed by atoms with Gasteiger partial charge in [0.25, 0.3) is 0 Å². The molecule has 1 aromatic carbocycles. The van der Waals surface area contributed by atoms with Crippen LogP contribution in [0.25, 0.3) is 0 Å². The number of aryl methyl sites for hydroxylation is 1. The van der Waals surface area contributed by atoms with E-state index in [0.29, 0.717) is 0 Å². The fourth-order valence-electron chi connectivity index (χ4n) is 1.44. The average molecular weight is 318 g/mol. The van der Waals surface area contributed by atoms with Gasteiger partial charge in [-0.25, -0.2) is 0 Å². The van der Waals surface area contributed by atoms with Gasteiger partial charge >= 0.3 is 0 Å². The number of halogens is 1. The molecule has 0 aliphatic heterocycles. The maximum Gasteiger partial charge on any atom is 0.119 e. The molecule has 0 amide bonds. The Kier molecular flexibility index (Phi) is 6.81. The van der Waals surface area contributed by atoms with E-state index < -0.39 is 0 Å². The number of unbranched alkanes of at least 4 members (excludes halogenated alkanes) is 2. The summed E-state index contributed by atoms with van der Waals surface area (Å²) >= 11 is 2.40. The van der Waals surface area contributed by atoms with E-state index >= 15 is 0 Å². The van der Waals surface area contributed by atoms with E-state index in [1.165, 1.54) is 18.4 Å². The fraction of sp³-hybridized carbons (Fsp3) is 0.538. The summed E-state index contributed by atoms with van der Waals surface area (Å²) in [5.74, 6) is 1.02. The number of hydrogen-bond donors (Lipinski definition) is 0. The number of alkyl halides is 1. The van der Waals surface area contributed by atoms with Gasteiger partial charge in [0.05, 0.1) is 6.61 Å². The first-order valence-electron chi connectivity index (χ1n) is 5.64. The second kappa shape index (κ2) is 7.97. The van der Waals surface area contributed by atoms with E-state index in [0.717, 1.165) is 29.6 Å². The van der Waals surface area contributed by atoms with Crippen LogP contribution in [0.2, 0.25) is 0 Å². The van der Waals surface area contributed by atoms with E-state index in [-0.39, 0.29) is 0 Å². The minimum atomic E-state index is 0.849. The lowest BCUT2D eigenvalue weighted by atomic mass is 10.2. The van der Waals surface area contributed by atoms with E-state index in [1.54, 1.807) is 0 Å². The smallest absolute Gasteiger partial charge is 0.119 e. The Morgan fingerprint density at radius 2 is 2.13 bits per heavy atom. The third kappa shape index (κ3) is 5.40. The summed E-state index contributed by atoms with van der Waals surface area (Å²) in [5.41, 5.74) is 1.37. The molecule has 0 N–H and O–H groups in total. The topological polar surface area (TPSA) is 9.23 Å². The molecule has 0 aliphatic carbocycles. The summed E-state index contributed by atoms with van der Waals surface area (Å²) in [4.78, 5) is 0. The minimum absolute atomic E-state index is 0.849. The van der Waals surface area contributed by atoms with Crippen LogP contribution in [-0.2, 0) is 6.42 Å². The van der Waals surface area contributed by atoms with Gasteiger partial charge in [0.2, 0.25) is 0 Å². The van der Waals surface area contributed by atoms with Crippen molar-refractivity contribution in [3.63, 3.8) is 0 Å². The molecule has 1 aromatic rings. The Bertz CT molecular complexity index is 273. The zero-order valence-corrected chi connectivity index (χ0v) is 11.5. The molecule has 0 saturated carbocycles. The summed E-state index contributed by atoms with van der Waals surface area (Å²) in [6.07, 6.45) is 4.80. The SMILES string of the molecule is CCCCCOc1cccc(CCI)c1. The van der Waals surface area contributed by atoms with Crippen LogP contribution < -0.4 is 4.74 Å². The van der Waals surface area contributed by atoms with Crippen LogP contribution in [0.4, 0.5) is 0 Å². The summed E-state index contributed by atoms with van der Waals surface area (Å²) < 4.78 is 6.86. The van der Waals surface area contributed by atoms with Gasteiger partial charge in [-0.3, -0.25) is 0 Å². The molecule has 0 bridgehead atoms. The van der Waals surface area contributed by atoms with Crippen molar-refractivity contribution in [2.45, 2.75) is 32.6 Å². The van der Waals surface area contributed by atoms with Crippen LogP contribution in [0.3, 0.4) is 0 Å². The van der Waals surface area contributed by atoms with Crippen molar-refractivity contribution in [3.05, 3.63) is 29.8 Å². The van der Waals surface area contributed by atoms with Crippen molar-refractivity contribution >= 4 is 22.6 Å². The van der Waals surface area contributed by atoms with Crippen molar-refractivity contribution in [2.24, 2.45) is 0 Å². The second-order valence-corrected chi connectivity index (χ2v) is 4.72. The Balaban J connectivity index is 2.36. The third-order valence-corrected chi connectivity index (χ3v) is 2.84. The average Bonchev–Trinajstić information content (AvgIpc) is 2.26. The lowest BCUT2D eigenvalue weighted by Crippen LogP contribution is -1.97. The maximum atomic E-state index is 5.69. The molecule has 0 unspecified atom stereocenters. The summed E-state index contributed by atoms with van der Waals surface area (Å²) in [7, 11) is 0. The van der Waals surface area contributed by atoms with E-state index in [2.05, 4.69) is 47.7 Å². The molecule has 0 heterocycles. The quantitative estimate of drug-likeness (QED) is 0.415. The Morgan fingerprint density at radius 3 is 2.87 bits per heavy atom. The van der Waals surface area contributed by atoms with Gasteiger partial charge in [0, 0.05) is 4.43 Å². The first-order valence-corrected chi connectivity index (χ1v) is 7.17. The van der Waals surface area contributed by atoms with Crippen molar-refractivity contribution in [2.75, 3.05) is 11.0 Å². The molecule has 0 saturated heterocycles. The highest BCUT2D eigenvalue weighted by atomic mass is 127. The van der Waals surface area contributed by atoms with Gasteiger partial charge in [0.1, 0.15) is 5.75 Å². The summed E-state index contributed by atoms with van der Waals surface area (Å²) in [5, 5.41) is 0. The molecule has 0 aliphatic rings. The number of benzene rings is 1. The fourth-order valence-corrected chi connectivity index (χ4v) is 2.06. The molecular weight excluding hydrogens is 299 g/mol. The predicted octanol–water partition coefficient (Wildman–Crippen LogP) is 4.23. The van der Waals surface area contributed by atoms with Crippen LogP contribution in [0.15, 0.2) is 24.3 Å². The van der Waals surface area contributed by atoms with Gasteiger partial charge in [-0.2, -0.15) is 0 Å². The highest BCUT2D eigenvalue weighted by Gasteiger charge is 1.96. The number of rotatable bonds is 7. The van der Waals surface area contributed by atoms with Crippen LogP contribution in [0.5, 0.6) is 5.75 Å². The first-order chi connectivity index (χ1) is 7.36. The van der Waals surface area contributed by atoms with Gasteiger partial charge in [-0.05, 0) is 30.5 Å². The van der Waals surface area contributed by atoms with Crippen molar-refractivity contribution in [1.29, 1.82) is 0 Å².